The molecule has 23 heavy (non-hydrogen) atoms. The Kier molecular flexibility index (Phi) is 5.25. The van der Waals surface area contributed by atoms with Gasteiger partial charge in [-0.1, -0.05) is 6.07 Å². The molecule has 0 aliphatic heterocycles. The molecule has 0 saturated heterocycles. The topological polar surface area (TPSA) is 49.6 Å². The van der Waals surface area contributed by atoms with E-state index >= 15 is 0 Å². The fourth-order valence-electron chi connectivity index (χ4n) is 1.95. The van der Waals surface area contributed by atoms with Crippen LogP contribution in [0.4, 0.5) is 17.6 Å². The minimum absolute atomic E-state index is 0.0696. The van der Waals surface area contributed by atoms with Gasteiger partial charge < -0.3 is 15.1 Å². The molecule has 0 spiro atoms. The summed E-state index contributed by atoms with van der Waals surface area (Å²) < 4.78 is 56.9. The van der Waals surface area contributed by atoms with Gasteiger partial charge in [0.25, 0.3) is 0 Å². The van der Waals surface area contributed by atoms with Crippen molar-refractivity contribution in [3.05, 3.63) is 59.3 Å². The molecule has 1 heterocycles. The highest BCUT2D eigenvalue weighted by molar-refractivity contribution is 5.79. The molecule has 0 fully saturated rings. The van der Waals surface area contributed by atoms with Crippen LogP contribution in [-0.4, -0.2) is 13.0 Å². The van der Waals surface area contributed by atoms with Gasteiger partial charge in [0.05, 0.1) is 18.4 Å². The second kappa shape index (κ2) is 7.17. The molecule has 4 nitrogen and oxygen atoms in total. The van der Waals surface area contributed by atoms with E-state index in [0.29, 0.717) is 24.3 Å². The molecule has 2 N–H and O–H groups in total. The largest absolute Gasteiger partial charge is 0.467 e. The molecule has 2 aromatic rings. The van der Waals surface area contributed by atoms with E-state index in [2.05, 4.69) is 15.6 Å². The summed E-state index contributed by atoms with van der Waals surface area (Å²) in [5.41, 5.74) is -1.08. The fraction of sp³-hybridized carbons (Fsp3) is 0.267. The van der Waals surface area contributed by atoms with Gasteiger partial charge in [-0.05, 0) is 29.8 Å². The van der Waals surface area contributed by atoms with Gasteiger partial charge in [0.15, 0.2) is 5.96 Å². The molecule has 124 valence electrons. The number of alkyl halides is 3. The Morgan fingerprint density at radius 1 is 1.17 bits per heavy atom. The summed E-state index contributed by atoms with van der Waals surface area (Å²) in [6.07, 6.45) is -3.11. The molecule has 0 unspecified atom stereocenters. The van der Waals surface area contributed by atoms with Crippen molar-refractivity contribution in [2.75, 3.05) is 7.05 Å². The molecule has 0 amide bonds. The van der Waals surface area contributed by atoms with Gasteiger partial charge in [-0.25, -0.2) is 4.39 Å². The number of benzene rings is 1. The highest BCUT2D eigenvalue weighted by Gasteiger charge is 2.33. The van der Waals surface area contributed by atoms with E-state index in [1.165, 1.54) is 13.3 Å². The number of hydrogen-bond acceptors (Lipinski definition) is 2. The van der Waals surface area contributed by atoms with E-state index in [1.54, 1.807) is 12.1 Å². The van der Waals surface area contributed by atoms with E-state index in [-0.39, 0.29) is 12.1 Å². The minimum Gasteiger partial charge on any atom is -0.467 e. The molecule has 0 bridgehead atoms. The zero-order valence-electron chi connectivity index (χ0n) is 12.2. The quantitative estimate of drug-likeness (QED) is 0.514. The van der Waals surface area contributed by atoms with Crippen molar-refractivity contribution in [2.24, 2.45) is 4.99 Å². The van der Waals surface area contributed by atoms with Gasteiger partial charge in [0.1, 0.15) is 11.6 Å². The van der Waals surface area contributed by atoms with Crippen molar-refractivity contribution in [3.8, 4) is 0 Å². The highest BCUT2D eigenvalue weighted by Crippen LogP contribution is 2.32. The van der Waals surface area contributed by atoms with E-state index < -0.39 is 17.6 Å². The van der Waals surface area contributed by atoms with E-state index in [0.717, 1.165) is 12.1 Å². The SMILES string of the molecule is CN=C(NCc1ccco1)NCc1ccc(F)cc1C(F)(F)F. The summed E-state index contributed by atoms with van der Waals surface area (Å²) >= 11 is 0. The number of halogens is 4. The van der Waals surface area contributed by atoms with Crippen molar-refractivity contribution >= 4 is 5.96 Å². The molecule has 0 saturated carbocycles. The number of furan rings is 1. The zero-order valence-corrected chi connectivity index (χ0v) is 12.2. The molecular weight excluding hydrogens is 314 g/mol. The molecule has 2 rings (SSSR count). The summed E-state index contributed by atoms with van der Waals surface area (Å²) in [5.74, 6) is 0.0333. The van der Waals surface area contributed by atoms with Crippen LogP contribution in [0, 0.1) is 5.82 Å². The predicted octanol–water partition coefficient (Wildman–Crippen LogP) is 3.30. The predicted molar refractivity (Wildman–Crippen MR) is 77.1 cm³/mol. The van der Waals surface area contributed by atoms with Crippen LogP contribution >= 0.6 is 0 Å². The van der Waals surface area contributed by atoms with Crippen molar-refractivity contribution < 1.29 is 22.0 Å². The van der Waals surface area contributed by atoms with Crippen LogP contribution in [0.1, 0.15) is 16.9 Å². The first-order valence-electron chi connectivity index (χ1n) is 6.72. The third-order valence-electron chi connectivity index (χ3n) is 3.06. The number of hydrogen-bond donors (Lipinski definition) is 2. The summed E-state index contributed by atoms with van der Waals surface area (Å²) in [6, 6.07) is 6.05. The Labute approximate surface area is 130 Å². The van der Waals surface area contributed by atoms with Crippen molar-refractivity contribution in [2.45, 2.75) is 19.3 Å². The molecule has 1 aromatic heterocycles. The Morgan fingerprint density at radius 2 is 1.91 bits per heavy atom. The summed E-state index contributed by atoms with van der Waals surface area (Å²) in [7, 11) is 1.49. The van der Waals surface area contributed by atoms with Gasteiger partial charge in [-0.15, -0.1) is 0 Å². The first-order valence-corrected chi connectivity index (χ1v) is 6.72. The number of aliphatic imine (C=N–C) groups is 1. The first kappa shape index (κ1) is 16.9. The molecule has 8 heteroatoms. The first-order chi connectivity index (χ1) is 10.9. The van der Waals surface area contributed by atoms with Crippen molar-refractivity contribution in [3.63, 3.8) is 0 Å². The number of rotatable bonds is 4. The minimum atomic E-state index is -4.62. The molecule has 0 radical (unpaired) electrons. The monoisotopic (exact) mass is 329 g/mol. The van der Waals surface area contributed by atoms with Gasteiger partial charge in [-0.2, -0.15) is 13.2 Å². The van der Waals surface area contributed by atoms with Crippen LogP contribution in [0.15, 0.2) is 46.0 Å². The van der Waals surface area contributed by atoms with E-state index in [9.17, 15) is 17.6 Å². The van der Waals surface area contributed by atoms with Gasteiger partial charge in [0.2, 0.25) is 0 Å². The lowest BCUT2D eigenvalue weighted by Gasteiger charge is -2.15. The maximum Gasteiger partial charge on any atom is 0.416 e. The Morgan fingerprint density at radius 3 is 2.52 bits per heavy atom. The lowest BCUT2D eigenvalue weighted by Crippen LogP contribution is -2.36. The summed E-state index contributed by atoms with van der Waals surface area (Å²) in [6.45, 7) is 0.190. The number of nitrogens with one attached hydrogen (secondary N) is 2. The lowest BCUT2D eigenvalue weighted by atomic mass is 10.1. The molecule has 1 aromatic carbocycles. The maximum atomic E-state index is 13.1. The average Bonchev–Trinajstić information content (AvgIpc) is 3.01. The second-order valence-corrected chi connectivity index (χ2v) is 4.66. The van der Waals surface area contributed by atoms with Crippen LogP contribution in [0.3, 0.4) is 0 Å². The third kappa shape index (κ3) is 4.73. The average molecular weight is 329 g/mol. The van der Waals surface area contributed by atoms with Crippen molar-refractivity contribution in [1.82, 2.24) is 10.6 Å². The molecule has 0 aliphatic carbocycles. The Balaban J connectivity index is 2.01. The zero-order chi connectivity index (χ0) is 16.9. The van der Waals surface area contributed by atoms with Crippen molar-refractivity contribution in [1.29, 1.82) is 0 Å². The highest BCUT2D eigenvalue weighted by atomic mass is 19.4. The van der Waals surface area contributed by atoms with Crippen LogP contribution in [0.2, 0.25) is 0 Å². The molecule has 0 atom stereocenters. The van der Waals surface area contributed by atoms with Crippen LogP contribution < -0.4 is 10.6 Å². The normalized spacial score (nSPS) is 12.3. The molecular formula is C15H15F4N3O. The lowest BCUT2D eigenvalue weighted by molar-refractivity contribution is -0.138. The van der Waals surface area contributed by atoms with Crippen LogP contribution in [0.25, 0.3) is 0 Å². The van der Waals surface area contributed by atoms with E-state index in [4.69, 9.17) is 4.42 Å². The maximum absolute atomic E-state index is 13.1. The number of nitrogens with zero attached hydrogens (tertiary/aromatic N) is 1. The van der Waals surface area contributed by atoms with E-state index in [1.807, 2.05) is 0 Å². The van der Waals surface area contributed by atoms with Crippen LogP contribution in [-0.2, 0) is 19.3 Å². The summed E-state index contributed by atoms with van der Waals surface area (Å²) in [5, 5.41) is 5.66. The van der Waals surface area contributed by atoms with Gasteiger partial charge >= 0.3 is 6.18 Å². The Hall–Kier alpha value is -2.51. The smallest absolute Gasteiger partial charge is 0.416 e. The molecule has 0 aliphatic rings. The summed E-state index contributed by atoms with van der Waals surface area (Å²) in [4.78, 5) is 3.91. The van der Waals surface area contributed by atoms with Gasteiger partial charge in [0, 0.05) is 13.6 Å². The number of guanidine groups is 1. The third-order valence-corrected chi connectivity index (χ3v) is 3.06. The van der Waals surface area contributed by atoms with Crippen LogP contribution in [0.5, 0.6) is 0 Å². The second-order valence-electron chi connectivity index (χ2n) is 4.66. The Bertz CT molecular complexity index is 666. The van der Waals surface area contributed by atoms with Gasteiger partial charge in [-0.3, -0.25) is 4.99 Å². The fourth-order valence-corrected chi connectivity index (χ4v) is 1.95. The standard InChI is InChI=1S/C15H15F4N3O/c1-20-14(22-9-12-3-2-6-23-12)21-8-10-4-5-11(16)7-13(10)15(17,18)19/h2-7H,8-9H2,1H3,(H2,20,21,22).